The van der Waals surface area contributed by atoms with Crippen LogP contribution in [0.5, 0.6) is 0 Å². The highest BCUT2D eigenvalue weighted by atomic mass is 16.3. The fourth-order valence-corrected chi connectivity index (χ4v) is 2.84. The molecule has 8 heteroatoms. The Morgan fingerprint density at radius 3 is 2.81 bits per heavy atom. The van der Waals surface area contributed by atoms with Crippen LogP contribution in [0.2, 0.25) is 0 Å². The first-order chi connectivity index (χ1) is 12.5. The van der Waals surface area contributed by atoms with Crippen molar-refractivity contribution < 1.29 is 19.5 Å². The minimum absolute atomic E-state index is 0.150. The number of rotatable bonds is 6. The summed E-state index contributed by atoms with van der Waals surface area (Å²) in [6, 6.07) is 3.97. The van der Waals surface area contributed by atoms with Crippen LogP contribution in [0.3, 0.4) is 0 Å². The van der Waals surface area contributed by atoms with Gasteiger partial charge in [-0.2, -0.15) is 0 Å². The molecule has 0 saturated carbocycles. The third kappa shape index (κ3) is 4.72. The van der Waals surface area contributed by atoms with Gasteiger partial charge in [-0.1, -0.05) is 6.92 Å². The minimum Gasteiger partial charge on any atom is -0.396 e. The van der Waals surface area contributed by atoms with Crippen LogP contribution < -0.4 is 16.0 Å². The van der Waals surface area contributed by atoms with Crippen LogP contribution in [-0.2, 0) is 4.79 Å². The van der Waals surface area contributed by atoms with Crippen LogP contribution in [0.4, 0.5) is 10.5 Å². The summed E-state index contributed by atoms with van der Waals surface area (Å²) in [4.78, 5) is 38.0. The number of urea groups is 1. The predicted octanol–water partition coefficient (Wildman–Crippen LogP) is 0.850. The number of nitrogens with one attached hydrogen (secondary N) is 3. The van der Waals surface area contributed by atoms with Crippen molar-refractivity contribution in [3.8, 4) is 0 Å². The Kier molecular flexibility index (Phi) is 6.97. The molecule has 26 heavy (non-hydrogen) atoms. The van der Waals surface area contributed by atoms with Gasteiger partial charge in [0.15, 0.2) is 0 Å². The molecular formula is C18H26N4O4. The summed E-state index contributed by atoms with van der Waals surface area (Å²) in [5, 5.41) is 17.4. The normalized spacial score (nSPS) is 16.8. The lowest BCUT2D eigenvalue weighted by Crippen LogP contribution is -2.58. The highest BCUT2D eigenvalue weighted by molar-refractivity contribution is 5.97. The number of aliphatic hydroxyl groups is 1. The number of hydrogen-bond acceptors (Lipinski definition) is 4. The van der Waals surface area contributed by atoms with Crippen molar-refractivity contribution in [3.05, 3.63) is 29.3 Å². The molecule has 0 aromatic heterocycles. The molecule has 1 aromatic rings. The van der Waals surface area contributed by atoms with E-state index in [9.17, 15) is 14.4 Å². The van der Waals surface area contributed by atoms with Gasteiger partial charge in [0, 0.05) is 37.5 Å². The number of benzene rings is 1. The first-order valence-corrected chi connectivity index (χ1v) is 8.83. The average Bonchev–Trinajstić information content (AvgIpc) is 2.63. The van der Waals surface area contributed by atoms with Crippen LogP contribution in [-0.4, -0.2) is 60.1 Å². The first kappa shape index (κ1) is 19.7. The number of anilines is 1. The number of amides is 4. The number of aliphatic hydroxyl groups excluding tert-OH is 1. The van der Waals surface area contributed by atoms with E-state index in [1.165, 1.54) is 4.90 Å². The van der Waals surface area contributed by atoms with E-state index in [1.807, 2.05) is 6.92 Å². The maximum atomic E-state index is 12.6. The maximum Gasteiger partial charge on any atom is 0.322 e. The molecule has 1 aliphatic heterocycles. The average molecular weight is 362 g/mol. The van der Waals surface area contributed by atoms with Crippen molar-refractivity contribution in [2.45, 2.75) is 32.7 Å². The second-order valence-corrected chi connectivity index (χ2v) is 6.23. The zero-order valence-corrected chi connectivity index (χ0v) is 15.2. The number of nitrogens with zero attached hydrogens (tertiary/aromatic N) is 1. The largest absolute Gasteiger partial charge is 0.396 e. The second kappa shape index (κ2) is 9.19. The van der Waals surface area contributed by atoms with Gasteiger partial charge < -0.3 is 26.0 Å². The summed E-state index contributed by atoms with van der Waals surface area (Å²) >= 11 is 0. The first-order valence-electron chi connectivity index (χ1n) is 8.83. The standard InChI is InChI=1S/C18H26N4O4/c1-3-7-19-16(24)13-4-5-14(12(2)11-13)21-18(26)22-9-8-20-17(25)15(22)6-10-23/h4-5,11,15,23H,3,6-10H2,1-2H3,(H,19,24)(H,20,25)(H,21,26). The number of carbonyl (C=O) groups is 3. The smallest absolute Gasteiger partial charge is 0.322 e. The van der Waals surface area contributed by atoms with Gasteiger partial charge in [0.05, 0.1) is 0 Å². The van der Waals surface area contributed by atoms with Gasteiger partial charge in [0.25, 0.3) is 5.91 Å². The molecule has 0 spiro atoms. The zero-order valence-electron chi connectivity index (χ0n) is 15.2. The molecule has 1 fully saturated rings. The Labute approximate surface area is 152 Å². The number of piperazine rings is 1. The molecule has 0 aliphatic carbocycles. The predicted molar refractivity (Wildman–Crippen MR) is 98.0 cm³/mol. The Morgan fingerprint density at radius 2 is 2.15 bits per heavy atom. The van der Waals surface area contributed by atoms with E-state index in [0.29, 0.717) is 30.9 Å². The third-order valence-electron chi connectivity index (χ3n) is 4.26. The Bertz CT molecular complexity index is 677. The van der Waals surface area contributed by atoms with Gasteiger partial charge in [-0.3, -0.25) is 9.59 Å². The van der Waals surface area contributed by atoms with Crippen molar-refractivity contribution in [2.24, 2.45) is 0 Å². The molecule has 1 aromatic carbocycles. The van der Waals surface area contributed by atoms with Gasteiger partial charge in [0.1, 0.15) is 6.04 Å². The van der Waals surface area contributed by atoms with Crippen molar-refractivity contribution in [1.82, 2.24) is 15.5 Å². The summed E-state index contributed by atoms with van der Waals surface area (Å²) in [6.07, 6.45) is 1.05. The molecule has 1 saturated heterocycles. The highest BCUT2D eigenvalue weighted by Crippen LogP contribution is 2.19. The second-order valence-electron chi connectivity index (χ2n) is 6.23. The van der Waals surface area contributed by atoms with Crippen LogP contribution in [0, 0.1) is 6.92 Å². The van der Waals surface area contributed by atoms with E-state index in [0.717, 1.165) is 12.0 Å². The lowest BCUT2D eigenvalue weighted by atomic mass is 10.1. The Morgan fingerprint density at radius 1 is 1.38 bits per heavy atom. The van der Waals surface area contributed by atoms with Crippen molar-refractivity contribution in [2.75, 3.05) is 31.6 Å². The van der Waals surface area contributed by atoms with Gasteiger partial charge in [-0.25, -0.2) is 4.79 Å². The molecule has 1 unspecified atom stereocenters. The highest BCUT2D eigenvalue weighted by Gasteiger charge is 2.32. The Balaban J connectivity index is 2.08. The lowest BCUT2D eigenvalue weighted by Gasteiger charge is -2.34. The van der Waals surface area contributed by atoms with Crippen LogP contribution in [0.1, 0.15) is 35.7 Å². The van der Waals surface area contributed by atoms with Crippen LogP contribution >= 0.6 is 0 Å². The minimum atomic E-state index is -0.687. The van der Waals surface area contributed by atoms with Gasteiger partial charge in [-0.15, -0.1) is 0 Å². The molecule has 8 nitrogen and oxygen atoms in total. The van der Waals surface area contributed by atoms with Crippen molar-refractivity contribution in [3.63, 3.8) is 0 Å². The van der Waals surface area contributed by atoms with Crippen molar-refractivity contribution >= 4 is 23.5 Å². The summed E-state index contributed by atoms with van der Waals surface area (Å²) < 4.78 is 0. The summed E-state index contributed by atoms with van der Waals surface area (Å²) in [6.45, 7) is 4.97. The van der Waals surface area contributed by atoms with Crippen LogP contribution in [0.25, 0.3) is 0 Å². The molecule has 0 radical (unpaired) electrons. The Hall–Kier alpha value is -2.61. The monoisotopic (exact) mass is 362 g/mol. The van der Waals surface area contributed by atoms with Gasteiger partial charge in [0.2, 0.25) is 5.91 Å². The van der Waals surface area contributed by atoms with Gasteiger partial charge in [-0.05, 0) is 43.5 Å². The fourth-order valence-electron chi connectivity index (χ4n) is 2.84. The topological polar surface area (TPSA) is 111 Å². The maximum absolute atomic E-state index is 12.6. The van der Waals surface area contributed by atoms with E-state index in [4.69, 9.17) is 5.11 Å². The van der Waals surface area contributed by atoms with Gasteiger partial charge >= 0.3 is 6.03 Å². The van der Waals surface area contributed by atoms with E-state index < -0.39 is 12.1 Å². The lowest BCUT2D eigenvalue weighted by molar-refractivity contribution is -0.128. The number of hydrogen-bond donors (Lipinski definition) is 4. The molecule has 2 rings (SSSR count). The molecule has 0 bridgehead atoms. The van der Waals surface area contributed by atoms with Crippen molar-refractivity contribution in [1.29, 1.82) is 0 Å². The summed E-state index contributed by atoms with van der Waals surface area (Å²) in [7, 11) is 0. The van der Waals surface area contributed by atoms with E-state index in [-0.39, 0.29) is 24.8 Å². The molecule has 4 N–H and O–H groups in total. The molecule has 4 amide bonds. The number of carbonyl (C=O) groups excluding carboxylic acids is 3. The summed E-state index contributed by atoms with van der Waals surface area (Å²) in [5.74, 6) is -0.413. The number of aryl methyl sites for hydroxylation is 1. The SMILES string of the molecule is CCCNC(=O)c1ccc(NC(=O)N2CCNC(=O)C2CCO)c(C)c1. The van der Waals surface area contributed by atoms with E-state index >= 15 is 0 Å². The quantitative estimate of drug-likeness (QED) is 0.601. The van der Waals surface area contributed by atoms with Crippen LogP contribution in [0.15, 0.2) is 18.2 Å². The molecule has 1 atom stereocenters. The molecular weight excluding hydrogens is 336 g/mol. The third-order valence-corrected chi connectivity index (χ3v) is 4.26. The zero-order chi connectivity index (χ0) is 19.1. The fraction of sp³-hybridized carbons (Fsp3) is 0.500. The molecule has 1 aliphatic rings. The van der Waals surface area contributed by atoms with E-state index in [2.05, 4.69) is 16.0 Å². The molecule has 1 heterocycles. The van der Waals surface area contributed by atoms with E-state index in [1.54, 1.807) is 25.1 Å². The summed E-state index contributed by atoms with van der Waals surface area (Å²) in [5.41, 5.74) is 1.86. The molecule has 142 valence electrons.